The van der Waals surface area contributed by atoms with Gasteiger partial charge in [0.15, 0.2) is 0 Å². The van der Waals surface area contributed by atoms with Crippen molar-refractivity contribution in [3.8, 4) is 5.75 Å². The lowest BCUT2D eigenvalue weighted by atomic mass is 9.90. The Kier molecular flexibility index (Phi) is 5.06. The van der Waals surface area contributed by atoms with E-state index >= 15 is 0 Å². The SMILES string of the molecule is CC[C@@H](N)c1ccc(OCC2CCCCC2)cc1. The first-order valence-corrected chi connectivity index (χ1v) is 7.28. The summed E-state index contributed by atoms with van der Waals surface area (Å²) in [6, 6.07) is 8.42. The molecule has 100 valence electrons. The zero-order chi connectivity index (χ0) is 12.8. The molecule has 0 unspecified atom stereocenters. The van der Waals surface area contributed by atoms with Gasteiger partial charge in [0, 0.05) is 6.04 Å². The quantitative estimate of drug-likeness (QED) is 0.851. The van der Waals surface area contributed by atoms with Crippen LogP contribution in [0.3, 0.4) is 0 Å². The second kappa shape index (κ2) is 6.79. The van der Waals surface area contributed by atoms with E-state index in [1.807, 2.05) is 12.1 Å². The number of hydrogen-bond donors (Lipinski definition) is 1. The van der Waals surface area contributed by atoms with Crippen LogP contribution in [0.2, 0.25) is 0 Å². The molecule has 0 amide bonds. The van der Waals surface area contributed by atoms with Crippen LogP contribution in [0.4, 0.5) is 0 Å². The highest BCUT2D eigenvalue weighted by Crippen LogP contribution is 2.25. The molecule has 0 heterocycles. The Morgan fingerprint density at radius 1 is 1.17 bits per heavy atom. The Morgan fingerprint density at radius 3 is 2.44 bits per heavy atom. The van der Waals surface area contributed by atoms with Crippen LogP contribution in [-0.2, 0) is 0 Å². The van der Waals surface area contributed by atoms with Gasteiger partial charge in [-0.15, -0.1) is 0 Å². The molecule has 2 nitrogen and oxygen atoms in total. The van der Waals surface area contributed by atoms with Crippen LogP contribution < -0.4 is 10.5 Å². The molecular formula is C16H25NO. The van der Waals surface area contributed by atoms with E-state index in [1.165, 1.54) is 37.7 Å². The summed E-state index contributed by atoms with van der Waals surface area (Å²) in [5.41, 5.74) is 7.19. The van der Waals surface area contributed by atoms with Gasteiger partial charge in [-0.3, -0.25) is 0 Å². The molecule has 1 aliphatic carbocycles. The minimum Gasteiger partial charge on any atom is -0.493 e. The van der Waals surface area contributed by atoms with E-state index in [9.17, 15) is 0 Å². The second-order valence-corrected chi connectivity index (χ2v) is 5.40. The van der Waals surface area contributed by atoms with Crippen LogP contribution in [0.25, 0.3) is 0 Å². The Hall–Kier alpha value is -1.02. The number of rotatable bonds is 5. The van der Waals surface area contributed by atoms with E-state index < -0.39 is 0 Å². The monoisotopic (exact) mass is 247 g/mol. The normalized spacial score (nSPS) is 18.6. The molecule has 0 aromatic heterocycles. The van der Waals surface area contributed by atoms with Crippen LogP contribution in [0.5, 0.6) is 5.75 Å². The van der Waals surface area contributed by atoms with Gasteiger partial charge in [0.05, 0.1) is 6.61 Å². The van der Waals surface area contributed by atoms with Crippen molar-refractivity contribution in [3.63, 3.8) is 0 Å². The third kappa shape index (κ3) is 3.74. The molecule has 1 atom stereocenters. The molecule has 1 fully saturated rings. The average molecular weight is 247 g/mol. The molecule has 0 bridgehead atoms. The van der Waals surface area contributed by atoms with Gasteiger partial charge in [0.1, 0.15) is 5.75 Å². The molecule has 2 heteroatoms. The van der Waals surface area contributed by atoms with Crippen molar-refractivity contribution in [2.75, 3.05) is 6.61 Å². The first kappa shape index (κ1) is 13.4. The van der Waals surface area contributed by atoms with Crippen LogP contribution >= 0.6 is 0 Å². The molecule has 2 rings (SSSR count). The van der Waals surface area contributed by atoms with E-state index in [4.69, 9.17) is 10.5 Å². The van der Waals surface area contributed by atoms with Gasteiger partial charge in [0.2, 0.25) is 0 Å². The van der Waals surface area contributed by atoms with Crippen LogP contribution in [0, 0.1) is 5.92 Å². The zero-order valence-electron chi connectivity index (χ0n) is 11.4. The van der Waals surface area contributed by atoms with Crippen molar-refractivity contribution in [2.24, 2.45) is 11.7 Å². The molecule has 0 radical (unpaired) electrons. The Labute approximate surface area is 111 Å². The molecule has 1 aromatic carbocycles. The number of ether oxygens (including phenoxy) is 1. The van der Waals surface area contributed by atoms with E-state index in [0.717, 1.165) is 24.7 Å². The largest absolute Gasteiger partial charge is 0.493 e. The molecule has 0 saturated heterocycles. The van der Waals surface area contributed by atoms with Gasteiger partial charge in [-0.05, 0) is 42.9 Å². The van der Waals surface area contributed by atoms with Crippen LogP contribution in [-0.4, -0.2) is 6.61 Å². The summed E-state index contributed by atoms with van der Waals surface area (Å²) in [5.74, 6) is 1.74. The fraction of sp³-hybridized carbons (Fsp3) is 0.625. The maximum absolute atomic E-state index is 5.99. The van der Waals surface area contributed by atoms with Crippen LogP contribution in [0.15, 0.2) is 24.3 Å². The van der Waals surface area contributed by atoms with Crippen molar-refractivity contribution < 1.29 is 4.74 Å². The Balaban J connectivity index is 1.82. The van der Waals surface area contributed by atoms with Gasteiger partial charge >= 0.3 is 0 Å². The molecule has 1 saturated carbocycles. The number of hydrogen-bond acceptors (Lipinski definition) is 2. The molecule has 0 spiro atoms. The van der Waals surface area contributed by atoms with Gasteiger partial charge in [-0.2, -0.15) is 0 Å². The van der Waals surface area contributed by atoms with E-state index in [2.05, 4.69) is 19.1 Å². The maximum Gasteiger partial charge on any atom is 0.119 e. The summed E-state index contributed by atoms with van der Waals surface area (Å²) in [7, 11) is 0. The maximum atomic E-state index is 5.99. The second-order valence-electron chi connectivity index (χ2n) is 5.40. The lowest BCUT2D eigenvalue weighted by Gasteiger charge is -2.21. The minimum atomic E-state index is 0.150. The molecule has 18 heavy (non-hydrogen) atoms. The Morgan fingerprint density at radius 2 is 1.83 bits per heavy atom. The summed E-state index contributed by atoms with van der Waals surface area (Å²) in [4.78, 5) is 0. The van der Waals surface area contributed by atoms with Crippen molar-refractivity contribution in [3.05, 3.63) is 29.8 Å². The summed E-state index contributed by atoms with van der Waals surface area (Å²) in [6.45, 7) is 2.98. The predicted octanol–water partition coefficient (Wildman–Crippen LogP) is 4.06. The molecule has 2 N–H and O–H groups in total. The molecular weight excluding hydrogens is 222 g/mol. The number of benzene rings is 1. The highest BCUT2D eigenvalue weighted by molar-refractivity contribution is 5.28. The zero-order valence-corrected chi connectivity index (χ0v) is 11.4. The first-order valence-electron chi connectivity index (χ1n) is 7.28. The summed E-state index contributed by atoms with van der Waals surface area (Å²) < 4.78 is 5.87. The summed E-state index contributed by atoms with van der Waals surface area (Å²) in [6.07, 6.45) is 7.79. The number of nitrogens with two attached hydrogens (primary N) is 1. The summed E-state index contributed by atoms with van der Waals surface area (Å²) in [5, 5.41) is 0. The van der Waals surface area contributed by atoms with Gasteiger partial charge in [-0.1, -0.05) is 38.3 Å². The van der Waals surface area contributed by atoms with Crippen molar-refractivity contribution >= 4 is 0 Å². The van der Waals surface area contributed by atoms with Gasteiger partial charge < -0.3 is 10.5 Å². The van der Waals surface area contributed by atoms with Gasteiger partial charge in [-0.25, -0.2) is 0 Å². The lowest BCUT2D eigenvalue weighted by molar-refractivity contribution is 0.209. The van der Waals surface area contributed by atoms with Crippen molar-refractivity contribution in [1.29, 1.82) is 0 Å². The smallest absolute Gasteiger partial charge is 0.119 e. The fourth-order valence-corrected chi connectivity index (χ4v) is 2.61. The predicted molar refractivity (Wildman–Crippen MR) is 75.7 cm³/mol. The third-order valence-electron chi connectivity index (χ3n) is 3.96. The topological polar surface area (TPSA) is 35.2 Å². The molecule has 0 aliphatic heterocycles. The van der Waals surface area contributed by atoms with E-state index in [0.29, 0.717) is 0 Å². The molecule has 1 aromatic rings. The minimum absolute atomic E-state index is 0.150. The first-order chi connectivity index (χ1) is 8.79. The van der Waals surface area contributed by atoms with Crippen molar-refractivity contribution in [1.82, 2.24) is 0 Å². The summed E-state index contributed by atoms with van der Waals surface area (Å²) >= 11 is 0. The highest BCUT2D eigenvalue weighted by Gasteiger charge is 2.13. The molecule has 1 aliphatic rings. The lowest BCUT2D eigenvalue weighted by Crippen LogP contribution is -2.15. The standard InChI is InChI=1S/C16H25NO/c1-2-16(17)14-8-10-15(11-9-14)18-12-13-6-4-3-5-7-13/h8-11,13,16H,2-7,12,17H2,1H3/t16-/m1/s1. The highest BCUT2D eigenvalue weighted by atomic mass is 16.5. The van der Waals surface area contributed by atoms with Gasteiger partial charge in [0.25, 0.3) is 0 Å². The van der Waals surface area contributed by atoms with Crippen molar-refractivity contribution in [2.45, 2.75) is 51.5 Å². The van der Waals surface area contributed by atoms with E-state index in [1.54, 1.807) is 0 Å². The van der Waals surface area contributed by atoms with E-state index in [-0.39, 0.29) is 6.04 Å². The van der Waals surface area contributed by atoms with Crippen LogP contribution in [0.1, 0.15) is 57.1 Å². The fourth-order valence-electron chi connectivity index (χ4n) is 2.61. The Bertz CT molecular complexity index is 341. The third-order valence-corrected chi connectivity index (χ3v) is 3.96. The average Bonchev–Trinajstić information content (AvgIpc) is 2.46.